The molecule has 0 bridgehead atoms. The van der Waals surface area contributed by atoms with E-state index in [-0.39, 0.29) is 0 Å². The third kappa shape index (κ3) is 3.73. The second-order valence-electron chi connectivity index (χ2n) is 4.82. The third-order valence-corrected chi connectivity index (χ3v) is 5.07. The van der Waals surface area contributed by atoms with Gasteiger partial charge in [0, 0.05) is 5.75 Å². The average Bonchev–Trinajstić information content (AvgIpc) is 2.92. The van der Waals surface area contributed by atoms with Crippen molar-refractivity contribution in [3.05, 3.63) is 64.1 Å². The summed E-state index contributed by atoms with van der Waals surface area (Å²) in [6.45, 7) is 0. The molecule has 0 amide bonds. The Morgan fingerprint density at radius 1 is 1.10 bits per heavy atom. The van der Waals surface area contributed by atoms with Crippen LogP contribution in [0.4, 0.5) is 5.69 Å². The number of thioether (sulfide) groups is 1. The Kier molecular flexibility index (Phi) is 4.73. The number of nitrogens with zero attached hydrogens (tertiary/aromatic N) is 1. The monoisotopic (exact) mass is 336 g/mol. The smallest absolute Gasteiger partial charge is 0.161 e. The summed E-state index contributed by atoms with van der Waals surface area (Å²) in [5.41, 5.74) is 2.12. The minimum Gasteiger partial charge on any atom is -0.334 e. The highest BCUT2D eigenvalue weighted by atomic mass is 35.5. The van der Waals surface area contributed by atoms with Crippen molar-refractivity contribution < 1.29 is 0 Å². The quantitative estimate of drug-likeness (QED) is 0.841. The van der Waals surface area contributed by atoms with E-state index in [0.29, 0.717) is 16.1 Å². The number of rotatable bonds is 3. The van der Waals surface area contributed by atoms with Crippen LogP contribution in [0.15, 0.2) is 53.5 Å². The molecule has 108 valence electrons. The molecule has 2 nitrogen and oxygen atoms in total. The normalized spacial score (nSPS) is 17.6. The van der Waals surface area contributed by atoms with Crippen molar-refractivity contribution in [2.45, 2.75) is 12.5 Å². The molecule has 0 aromatic heterocycles. The van der Waals surface area contributed by atoms with E-state index < -0.39 is 0 Å². The van der Waals surface area contributed by atoms with Gasteiger partial charge in [0.15, 0.2) is 5.17 Å². The maximum absolute atomic E-state index is 6.18. The lowest BCUT2D eigenvalue weighted by Crippen LogP contribution is -2.08. The maximum atomic E-state index is 6.18. The number of benzene rings is 2. The predicted octanol–water partition coefficient (Wildman–Crippen LogP) is 5.12. The van der Waals surface area contributed by atoms with Gasteiger partial charge in [-0.3, -0.25) is 4.99 Å². The summed E-state index contributed by atoms with van der Waals surface area (Å²) >= 11 is 13.9. The van der Waals surface area contributed by atoms with Gasteiger partial charge in [-0.2, -0.15) is 0 Å². The van der Waals surface area contributed by atoms with E-state index in [0.717, 1.165) is 23.0 Å². The lowest BCUT2D eigenvalue weighted by molar-refractivity contribution is 0.762. The zero-order valence-electron chi connectivity index (χ0n) is 11.2. The highest BCUT2D eigenvalue weighted by molar-refractivity contribution is 8.14. The maximum Gasteiger partial charge on any atom is 0.161 e. The van der Waals surface area contributed by atoms with Crippen LogP contribution in [-0.4, -0.2) is 17.0 Å². The van der Waals surface area contributed by atoms with Gasteiger partial charge in [0.1, 0.15) is 0 Å². The molecule has 1 atom stereocenters. The number of halogens is 2. The molecule has 0 saturated carbocycles. The van der Waals surface area contributed by atoms with E-state index in [1.54, 1.807) is 17.8 Å². The summed E-state index contributed by atoms with van der Waals surface area (Å²) in [6, 6.07) is 16.3. The van der Waals surface area contributed by atoms with Crippen LogP contribution in [0.5, 0.6) is 0 Å². The molecule has 0 saturated heterocycles. The first kappa shape index (κ1) is 14.8. The molecule has 0 fully saturated rings. The van der Waals surface area contributed by atoms with Crippen molar-refractivity contribution in [2.75, 3.05) is 11.1 Å². The minimum absolute atomic E-state index is 0.304. The van der Waals surface area contributed by atoms with Gasteiger partial charge in [-0.05, 0) is 24.1 Å². The van der Waals surface area contributed by atoms with Gasteiger partial charge in [0.2, 0.25) is 0 Å². The Morgan fingerprint density at radius 2 is 1.90 bits per heavy atom. The molecular weight excluding hydrogens is 323 g/mol. The summed E-state index contributed by atoms with van der Waals surface area (Å²) in [5.74, 6) is 0.982. The van der Waals surface area contributed by atoms with Crippen LogP contribution in [0, 0.1) is 0 Å². The highest BCUT2D eigenvalue weighted by Gasteiger charge is 2.19. The second kappa shape index (κ2) is 6.73. The second-order valence-corrected chi connectivity index (χ2v) is 6.61. The average molecular weight is 337 g/mol. The molecule has 0 radical (unpaired) electrons. The standard InChI is InChI=1S/C16H14Cl2N2S/c17-13-7-4-8-14(15(13)18)20-16-19-12(10-21-16)9-11-5-2-1-3-6-11/h1-8,12H,9-10H2,(H,19,20). The Morgan fingerprint density at radius 3 is 2.71 bits per heavy atom. The first-order valence-corrected chi connectivity index (χ1v) is 8.42. The van der Waals surface area contributed by atoms with E-state index in [9.17, 15) is 0 Å². The van der Waals surface area contributed by atoms with Crippen molar-refractivity contribution in [3.63, 3.8) is 0 Å². The predicted molar refractivity (Wildman–Crippen MR) is 93.9 cm³/mol. The number of aliphatic imine (C=N–C) groups is 1. The van der Waals surface area contributed by atoms with E-state index in [1.165, 1.54) is 5.56 Å². The van der Waals surface area contributed by atoms with Crippen molar-refractivity contribution in [3.8, 4) is 0 Å². The number of amidine groups is 1. The number of hydrogen-bond donors (Lipinski definition) is 1. The van der Waals surface area contributed by atoms with Crippen LogP contribution >= 0.6 is 35.0 Å². The topological polar surface area (TPSA) is 24.4 Å². The summed E-state index contributed by atoms with van der Waals surface area (Å²) in [4.78, 5) is 4.72. The van der Waals surface area contributed by atoms with E-state index in [4.69, 9.17) is 28.2 Å². The lowest BCUT2D eigenvalue weighted by atomic mass is 10.1. The molecule has 1 aliphatic heterocycles. The number of anilines is 1. The summed E-state index contributed by atoms with van der Waals surface area (Å²) < 4.78 is 0. The van der Waals surface area contributed by atoms with E-state index in [2.05, 4.69) is 29.6 Å². The van der Waals surface area contributed by atoms with Crippen LogP contribution in [0.25, 0.3) is 0 Å². The number of hydrogen-bond acceptors (Lipinski definition) is 3. The fourth-order valence-corrected chi connectivity index (χ4v) is 3.49. The van der Waals surface area contributed by atoms with Crippen LogP contribution in [-0.2, 0) is 6.42 Å². The molecule has 21 heavy (non-hydrogen) atoms. The molecule has 0 spiro atoms. The van der Waals surface area contributed by atoms with Crippen molar-refractivity contribution in [1.29, 1.82) is 0 Å². The molecule has 3 rings (SSSR count). The van der Waals surface area contributed by atoms with Crippen molar-refractivity contribution in [1.82, 2.24) is 0 Å². The Bertz CT molecular complexity index is 659. The van der Waals surface area contributed by atoms with Gasteiger partial charge >= 0.3 is 0 Å². The van der Waals surface area contributed by atoms with Gasteiger partial charge in [-0.15, -0.1) is 0 Å². The van der Waals surface area contributed by atoms with Crippen molar-refractivity contribution in [2.24, 2.45) is 4.99 Å². The van der Waals surface area contributed by atoms with E-state index >= 15 is 0 Å². The SMILES string of the molecule is Clc1cccc(NC2=NC(Cc3ccccc3)CS2)c1Cl. The van der Waals surface area contributed by atoms with Gasteiger partial charge in [-0.1, -0.05) is 71.4 Å². The molecule has 0 aliphatic carbocycles. The first-order chi connectivity index (χ1) is 10.2. The molecule has 1 unspecified atom stereocenters. The van der Waals surface area contributed by atoms with Crippen molar-refractivity contribution >= 4 is 45.8 Å². The summed E-state index contributed by atoms with van der Waals surface area (Å²) in [6.07, 6.45) is 0.961. The molecule has 1 aliphatic rings. The van der Waals surface area contributed by atoms with E-state index in [1.807, 2.05) is 18.2 Å². The number of nitrogens with one attached hydrogen (secondary N) is 1. The van der Waals surface area contributed by atoms with Crippen LogP contribution in [0.1, 0.15) is 5.56 Å². The molecular formula is C16H14Cl2N2S. The van der Waals surface area contributed by atoms with Gasteiger partial charge in [-0.25, -0.2) is 0 Å². The summed E-state index contributed by atoms with van der Waals surface area (Å²) in [7, 11) is 0. The fraction of sp³-hybridized carbons (Fsp3) is 0.188. The molecule has 1 heterocycles. The van der Waals surface area contributed by atoms with Crippen LogP contribution in [0.3, 0.4) is 0 Å². The molecule has 5 heteroatoms. The largest absolute Gasteiger partial charge is 0.334 e. The first-order valence-electron chi connectivity index (χ1n) is 6.68. The van der Waals surface area contributed by atoms with Crippen LogP contribution < -0.4 is 5.32 Å². The fourth-order valence-electron chi connectivity index (χ4n) is 2.19. The van der Waals surface area contributed by atoms with Gasteiger partial charge < -0.3 is 5.32 Å². The molecule has 2 aromatic carbocycles. The minimum atomic E-state index is 0.304. The Balaban J connectivity index is 1.67. The zero-order valence-corrected chi connectivity index (χ0v) is 13.6. The third-order valence-electron chi connectivity index (χ3n) is 3.22. The summed E-state index contributed by atoms with van der Waals surface area (Å²) in [5, 5.41) is 5.25. The van der Waals surface area contributed by atoms with Gasteiger partial charge in [0.25, 0.3) is 0 Å². The lowest BCUT2D eigenvalue weighted by Gasteiger charge is -2.08. The highest BCUT2D eigenvalue weighted by Crippen LogP contribution is 2.31. The molecule has 1 N–H and O–H groups in total. The Hall–Kier alpha value is -1.16. The van der Waals surface area contributed by atoms with Crippen LogP contribution in [0.2, 0.25) is 10.0 Å². The van der Waals surface area contributed by atoms with Gasteiger partial charge in [0.05, 0.1) is 21.8 Å². The Labute approximate surface area is 138 Å². The molecule has 2 aromatic rings. The zero-order chi connectivity index (χ0) is 14.7.